The number of rotatable bonds is 54. The van der Waals surface area contributed by atoms with Crippen molar-refractivity contribution >= 4 is 35.0 Å². The van der Waals surface area contributed by atoms with Gasteiger partial charge < -0.3 is 31.3 Å². The number of benzene rings is 3. The van der Waals surface area contributed by atoms with Gasteiger partial charge in [0.15, 0.2) is 0 Å². The summed E-state index contributed by atoms with van der Waals surface area (Å²) in [6, 6.07) is 21.3. The largest absolute Gasteiger partial charge is 0.478 e. The first-order chi connectivity index (χ1) is 41.3. The minimum Gasteiger partial charge on any atom is -0.478 e. The molecule has 0 aliphatic heterocycles. The number of anilines is 3. The first-order valence-corrected chi connectivity index (χ1v) is 34.4. The Labute approximate surface area is 531 Å². The molecule has 0 amide bonds. The van der Waals surface area contributed by atoms with Crippen molar-refractivity contribution in [3.05, 3.63) is 126 Å². The fourth-order valence-corrected chi connectivity index (χ4v) is 10.3. The quantitative estimate of drug-likeness (QED) is 0.0240. The maximum Gasteiger partial charge on any atom is 0.337 e. The molecule has 0 aliphatic rings. The van der Waals surface area contributed by atoms with Crippen molar-refractivity contribution in [2.75, 3.05) is 35.6 Å². The number of hydrogen-bond donors (Lipinski definition) is 6. The topological polar surface area (TPSA) is 148 Å². The Morgan fingerprint density at radius 3 is 0.659 bits per heavy atom. The van der Waals surface area contributed by atoms with E-state index in [4.69, 9.17) is 15.3 Å². The predicted octanol–water partition coefficient (Wildman–Crippen LogP) is 23.5. The average Bonchev–Trinajstić information content (AvgIpc) is 3.61. The van der Waals surface area contributed by atoms with Gasteiger partial charge in [-0.05, 0) is 133 Å². The molecule has 0 unspecified atom stereocenters. The van der Waals surface area contributed by atoms with Gasteiger partial charge in [-0.2, -0.15) is 0 Å². The molecular formula is C75H123CrN3O6. The maximum atomic E-state index is 11.2. The van der Waals surface area contributed by atoms with Crippen LogP contribution in [0.3, 0.4) is 0 Å². The molecule has 9 nitrogen and oxygen atoms in total. The number of nitrogens with one attached hydrogen (secondary N) is 3. The third-order valence-electron chi connectivity index (χ3n) is 15.5. The van der Waals surface area contributed by atoms with Crippen molar-refractivity contribution in [3.8, 4) is 0 Å². The van der Waals surface area contributed by atoms with Gasteiger partial charge in [-0.1, -0.05) is 267 Å². The molecule has 0 atom stereocenters. The smallest absolute Gasteiger partial charge is 0.337 e. The molecule has 3 aromatic carbocycles. The molecule has 3 aromatic rings. The van der Waals surface area contributed by atoms with Gasteiger partial charge in [-0.25, -0.2) is 14.4 Å². The van der Waals surface area contributed by atoms with Gasteiger partial charge in [0.25, 0.3) is 0 Å². The van der Waals surface area contributed by atoms with Crippen molar-refractivity contribution < 1.29 is 47.1 Å². The van der Waals surface area contributed by atoms with Crippen LogP contribution in [-0.4, -0.2) is 52.9 Å². The molecule has 0 spiro atoms. The van der Waals surface area contributed by atoms with E-state index in [1.807, 2.05) is 36.4 Å². The molecule has 0 heterocycles. The number of unbranched alkanes of at least 4 members (excludes halogenated alkanes) is 36. The van der Waals surface area contributed by atoms with Gasteiger partial charge in [-0.15, -0.1) is 0 Å². The van der Waals surface area contributed by atoms with E-state index in [-0.39, 0.29) is 17.4 Å². The molecule has 0 saturated carbocycles. The number of para-hydroxylation sites is 3. The van der Waals surface area contributed by atoms with Crippen LogP contribution in [0.4, 0.5) is 17.1 Å². The summed E-state index contributed by atoms with van der Waals surface area (Å²) < 4.78 is 0. The van der Waals surface area contributed by atoms with Crippen LogP contribution >= 0.6 is 0 Å². The zero-order valence-corrected chi connectivity index (χ0v) is 55.5. The average molecular weight is 1210 g/mol. The van der Waals surface area contributed by atoms with Crippen molar-refractivity contribution in [2.45, 2.75) is 290 Å². The fourth-order valence-electron chi connectivity index (χ4n) is 10.3. The molecule has 0 aromatic heterocycles. The minimum absolute atomic E-state index is 0. The van der Waals surface area contributed by atoms with E-state index in [1.165, 1.54) is 250 Å². The summed E-state index contributed by atoms with van der Waals surface area (Å²) in [4.78, 5) is 33.5. The molecule has 10 heteroatoms. The van der Waals surface area contributed by atoms with Gasteiger partial charge >= 0.3 is 17.9 Å². The van der Waals surface area contributed by atoms with Crippen LogP contribution in [-0.2, 0) is 17.4 Å². The standard InChI is InChI=1S/3C25H41NO2.Cr/c3*1-2-3-4-5-6-7-8-9-10-11-12-13-14-15-16-19-22-26-24-21-18-17-20-23(24)25(27)28;/h3*9-10,17-18,20-21,26H,2-8,11-16,19,22H2,1H3,(H,27,28);/b3*10-9-;. The van der Waals surface area contributed by atoms with E-state index in [0.29, 0.717) is 16.7 Å². The van der Waals surface area contributed by atoms with Gasteiger partial charge in [-0.3, -0.25) is 0 Å². The molecule has 0 saturated heterocycles. The van der Waals surface area contributed by atoms with Crippen molar-refractivity contribution in [1.82, 2.24) is 0 Å². The van der Waals surface area contributed by atoms with Crippen LogP contribution in [0.25, 0.3) is 0 Å². The SMILES string of the molecule is CCCCCCCC/C=C\CCCCCCCCNc1ccccc1C(=O)O.CCCCCCCC/C=C\CCCCCCCCNc1ccccc1C(=O)O.CCCCCCCC/C=C\CCCCCCCCNc1ccccc1C(=O)O.[Cr]. The number of hydrogen-bond acceptors (Lipinski definition) is 6. The summed E-state index contributed by atoms with van der Waals surface area (Å²) in [6.07, 6.45) is 69.0. The van der Waals surface area contributed by atoms with Crippen LogP contribution in [0, 0.1) is 0 Å². The van der Waals surface area contributed by atoms with Crippen molar-refractivity contribution in [3.63, 3.8) is 0 Å². The Balaban J connectivity index is 0.00000124. The zero-order chi connectivity index (χ0) is 60.9. The van der Waals surface area contributed by atoms with Crippen LogP contribution in [0.5, 0.6) is 0 Å². The number of aromatic carboxylic acids is 3. The number of carboxylic acid groups (broad SMARTS) is 3. The van der Waals surface area contributed by atoms with Crippen molar-refractivity contribution in [1.29, 1.82) is 0 Å². The molecule has 0 aliphatic carbocycles. The summed E-state index contributed by atoms with van der Waals surface area (Å²) in [7, 11) is 0. The zero-order valence-electron chi connectivity index (χ0n) is 54.2. The molecule has 6 N–H and O–H groups in total. The summed E-state index contributed by atoms with van der Waals surface area (Å²) >= 11 is 0. The molecular weight excluding hydrogens is 1090 g/mol. The molecule has 85 heavy (non-hydrogen) atoms. The first kappa shape index (κ1) is 80.2. The summed E-state index contributed by atoms with van der Waals surface area (Å²) in [5.74, 6) is -2.61. The molecule has 0 fully saturated rings. The van der Waals surface area contributed by atoms with Gasteiger partial charge in [0.2, 0.25) is 0 Å². The summed E-state index contributed by atoms with van der Waals surface area (Å²) in [5, 5.41) is 37.3. The Bertz CT molecular complexity index is 1860. The van der Waals surface area contributed by atoms with Crippen LogP contribution in [0.2, 0.25) is 0 Å². The third kappa shape index (κ3) is 50.0. The monoisotopic (exact) mass is 1210 g/mol. The van der Waals surface area contributed by atoms with Crippen LogP contribution in [0.1, 0.15) is 322 Å². The first-order valence-electron chi connectivity index (χ1n) is 34.4. The van der Waals surface area contributed by atoms with E-state index in [2.05, 4.69) is 73.2 Å². The fraction of sp³-hybridized carbons (Fsp3) is 0.640. The van der Waals surface area contributed by atoms with Gasteiger partial charge in [0.05, 0.1) is 16.7 Å². The third-order valence-corrected chi connectivity index (χ3v) is 15.5. The van der Waals surface area contributed by atoms with E-state index in [1.54, 1.807) is 36.4 Å². The number of allylic oxidation sites excluding steroid dienone is 6. The Hall–Kier alpha value is -4.78. The van der Waals surface area contributed by atoms with Gasteiger partial charge in [0.1, 0.15) is 0 Å². The molecule has 0 radical (unpaired) electrons. The van der Waals surface area contributed by atoms with Crippen LogP contribution < -0.4 is 16.0 Å². The summed E-state index contributed by atoms with van der Waals surface area (Å²) in [6.45, 7) is 9.32. The number of carboxylic acids is 3. The molecule has 0 bridgehead atoms. The van der Waals surface area contributed by atoms with Gasteiger partial charge in [0, 0.05) is 54.1 Å². The molecule has 3 rings (SSSR count). The van der Waals surface area contributed by atoms with E-state index in [0.717, 1.165) is 56.0 Å². The Morgan fingerprint density at radius 2 is 0.459 bits per heavy atom. The second-order valence-corrected chi connectivity index (χ2v) is 23.1. The maximum absolute atomic E-state index is 11.2. The summed E-state index contributed by atoms with van der Waals surface area (Å²) in [5.41, 5.74) is 3.24. The van der Waals surface area contributed by atoms with Crippen molar-refractivity contribution in [2.24, 2.45) is 0 Å². The van der Waals surface area contributed by atoms with E-state index >= 15 is 0 Å². The molecule has 480 valence electrons. The van der Waals surface area contributed by atoms with E-state index < -0.39 is 17.9 Å². The Morgan fingerprint density at radius 1 is 0.282 bits per heavy atom. The van der Waals surface area contributed by atoms with E-state index in [9.17, 15) is 14.4 Å². The second kappa shape index (κ2) is 62.3. The Kier molecular flexibility index (Phi) is 58.8. The second-order valence-electron chi connectivity index (χ2n) is 23.1. The normalized spacial score (nSPS) is 11.0. The minimum atomic E-state index is -0.871. The number of carbonyl (C=O) groups is 3. The predicted molar refractivity (Wildman–Crippen MR) is 364 cm³/mol. The van der Waals surface area contributed by atoms with Crippen LogP contribution in [0.15, 0.2) is 109 Å².